The molecule has 1 aliphatic rings. The highest BCUT2D eigenvalue weighted by atomic mass is 32.1. The number of rotatable bonds is 2. The second-order valence-corrected chi connectivity index (χ2v) is 8.13. The Bertz CT molecular complexity index is 1260. The van der Waals surface area contributed by atoms with Gasteiger partial charge in [-0.2, -0.15) is 0 Å². The summed E-state index contributed by atoms with van der Waals surface area (Å²) in [6, 6.07) is 3.30. The molecule has 5 heterocycles. The average Bonchev–Trinajstić information content (AvgIpc) is 3.25. The van der Waals surface area contributed by atoms with Gasteiger partial charge in [0.05, 0.1) is 11.4 Å². The van der Waals surface area contributed by atoms with Crippen molar-refractivity contribution in [1.29, 1.82) is 0 Å². The first-order valence-electron chi connectivity index (χ1n) is 9.12. The molecular weight excluding hydrogens is 381 g/mol. The Labute approximate surface area is 163 Å². The summed E-state index contributed by atoms with van der Waals surface area (Å²) in [5.41, 5.74) is 2.86. The van der Waals surface area contributed by atoms with Crippen LogP contribution in [0.4, 0.5) is 4.39 Å². The standard InChI is InChI=1S/C19H18FN5O2S/c1-9-5-13(23-18-17(9)22-10(2)27-18)14-6-16(26)25-8-15(28-19(25)24-14)11-3-4-21-7-12(11)20/h5-6,8,11-12,21H,3-4,7H2,1-2H3/t11-,12+/m1/s1. The molecule has 28 heavy (non-hydrogen) atoms. The topological polar surface area (TPSA) is 85.3 Å². The van der Waals surface area contributed by atoms with Crippen molar-refractivity contribution in [2.75, 3.05) is 13.1 Å². The third kappa shape index (κ3) is 2.82. The quantitative estimate of drug-likeness (QED) is 0.558. The van der Waals surface area contributed by atoms with Crippen LogP contribution < -0.4 is 10.9 Å². The van der Waals surface area contributed by atoms with Gasteiger partial charge in [0.1, 0.15) is 11.7 Å². The smallest absolute Gasteiger partial charge is 0.259 e. The molecule has 0 unspecified atom stereocenters. The first-order valence-corrected chi connectivity index (χ1v) is 9.94. The van der Waals surface area contributed by atoms with E-state index in [-0.39, 0.29) is 11.5 Å². The molecule has 144 valence electrons. The van der Waals surface area contributed by atoms with Crippen LogP contribution in [-0.4, -0.2) is 38.6 Å². The number of aryl methyl sites for hydroxylation is 2. The summed E-state index contributed by atoms with van der Waals surface area (Å²) in [7, 11) is 0. The fraction of sp³-hybridized carbons (Fsp3) is 0.368. The third-order valence-electron chi connectivity index (χ3n) is 5.09. The van der Waals surface area contributed by atoms with E-state index in [1.807, 2.05) is 13.0 Å². The van der Waals surface area contributed by atoms with Crippen LogP contribution in [0, 0.1) is 13.8 Å². The van der Waals surface area contributed by atoms with Crippen LogP contribution >= 0.6 is 11.3 Å². The summed E-state index contributed by atoms with van der Waals surface area (Å²) < 4.78 is 21.3. The normalized spacial score (nSPS) is 20.2. The summed E-state index contributed by atoms with van der Waals surface area (Å²) in [5, 5.41) is 3.05. The molecule has 2 atom stereocenters. The Kier molecular flexibility index (Phi) is 4.02. The average molecular weight is 399 g/mol. The third-order valence-corrected chi connectivity index (χ3v) is 6.20. The molecule has 0 aliphatic carbocycles. The summed E-state index contributed by atoms with van der Waals surface area (Å²) in [5.74, 6) is 0.335. The molecule has 0 aromatic carbocycles. The molecule has 5 rings (SSSR count). The highest BCUT2D eigenvalue weighted by Crippen LogP contribution is 2.33. The summed E-state index contributed by atoms with van der Waals surface area (Å²) in [6.07, 6.45) is 1.47. The van der Waals surface area contributed by atoms with Crippen molar-refractivity contribution >= 4 is 27.5 Å². The van der Waals surface area contributed by atoms with Crippen molar-refractivity contribution < 1.29 is 8.81 Å². The number of fused-ring (bicyclic) bond motifs is 2. The predicted octanol–water partition coefficient (Wildman–Crippen LogP) is 2.99. The zero-order chi connectivity index (χ0) is 19.4. The number of hydrogen-bond donors (Lipinski definition) is 1. The van der Waals surface area contributed by atoms with Crippen LogP contribution in [-0.2, 0) is 0 Å². The fourth-order valence-electron chi connectivity index (χ4n) is 3.66. The SMILES string of the molecule is Cc1nc2c(C)cc(-c3cc(=O)n4cc([C@@H]5CCNC[C@@H]5F)sc4n3)nc2o1. The van der Waals surface area contributed by atoms with Gasteiger partial charge in [0.15, 0.2) is 10.9 Å². The number of pyridine rings is 1. The monoisotopic (exact) mass is 399 g/mol. The number of nitrogens with one attached hydrogen (secondary N) is 1. The van der Waals surface area contributed by atoms with Crippen LogP contribution in [0.25, 0.3) is 27.6 Å². The van der Waals surface area contributed by atoms with Crippen LogP contribution in [0.1, 0.15) is 28.7 Å². The molecule has 1 aliphatic heterocycles. The lowest BCUT2D eigenvalue weighted by Crippen LogP contribution is -2.36. The van der Waals surface area contributed by atoms with Crippen molar-refractivity contribution in [2.45, 2.75) is 32.4 Å². The zero-order valence-corrected chi connectivity index (χ0v) is 16.2. The van der Waals surface area contributed by atoms with Crippen LogP contribution in [0.15, 0.2) is 27.5 Å². The van der Waals surface area contributed by atoms with Gasteiger partial charge in [-0.05, 0) is 31.5 Å². The maximum atomic E-state index is 14.3. The Hall–Kier alpha value is -2.65. The second kappa shape index (κ2) is 6.46. The van der Waals surface area contributed by atoms with E-state index in [1.165, 1.54) is 21.8 Å². The molecule has 4 aromatic rings. The van der Waals surface area contributed by atoms with Gasteiger partial charge < -0.3 is 9.73 Å². The van der Waals surface area contributed by atoms with Gasteiger partial charge in [0.2, 0.25) is 5.71 Å². The predicted molar refractivity (Wildman–Crippen MR) is 105 cm³/mol. The number of aromatic nitrogens is 4. The van der Waals surface area contributed by atoms with E-state index in [9.17, 15) is 9.18 Å². The van der Waals surface area contributed by atoms with Gasteiger partial charge in [-0.25, -0.2) is 19.3 Å². The summed E-state index contributed by atoms with van der Waals surface area (Å²) in [4.78, 5) is 27.5. The number of halogens is 1. The lowest BCUT2D eigenvalue weighted by Gasteiger charge is -2.25. The molecule has 1 fully saturated rings. The van der Waals surface area contributed by atoms with Crippen molar-refractivity contribution in [2.24, 2.45) is 0 Å². The Morgan fingerprint density at radius 1 is 1.25 bits per heavy atom. The lowest BCUT2D eigenvalue weighted by atomic mass is 9.95. The fourth-order valence-corrected chi connectivity index (χ4v) is 4.83. The first kappa shape index (κ1) is 17.4. The van der Waals surface area contributed by atoms with Gasteiger partial charge in [-0.15, -0.1) is 11.3 Å². The van der Waals surface area contributed by atoms with Gasteiger partial charge >= 0.3 is 0 Å². The molecule has 0 bridgehead atoms. The molecule has 1 N–H and O–H groups in total. The van der Waals surface area contributed by atoms with E-state index in [4.69, 9.17) is 4.42 Å². The Morgan fingerprint density at radius 3 is 2.89 bits per heavy atom. The lowest BCUT2D eigenvalue weighted by molar-refractivity contribution is 0.233. The number of piperidine rings is 1. The van der Waals surface area contributed by atoms with Gasteiger partial charge in [-0.1, -0.05) is 0 Å². The maximum Gasteiger partial charge on any atom is 0.259 e. The molecule has 7 nitrogen and oxygen atoms in total. The molecule has 0 radical (unpaired) electrons. The minimum Gasteiger partial charge on any atom is -0.423 e. The van der Waals surface area contributed by atoms with Crippen molar-refractivity contribution in [1.82, 2.24) is 24.7 Å². The zero-order valence-electron chi connectivity index (χ0n) is 15.4. The maximum absolute atomic E-state index is 14.3. The van der Waals surface area contributed by atoms with E-state index in [1.54, 1.807) is 13.1 Å². The largest absolute Gasteiger partial charge is 0.423 e. The molecule has 9 heteroatoms. The minimum absolute atomic E-state index is 0.204. The molecule has 4 aromatic heterocycles. The van der Waals surface area contributed by atoms with Gasteiger partial charge in [-0.3, -0.25) is 9.20 Å². The molecule has 0 amide bonds. The van der Waals surface area contributed by atoms with Crippen LogP contribution in [0.5, 0.6) is 0 Å². The number of nitrogens with zero attached hydrogens (tertiary/aromatic N) is 4. The summed E-state index contributed by atoms with van der Waals surface area (Å²) in [6.45, 7) is 4.80. The Morgan fingerprint density at radius 2 is 2.07 bits per heavy atom. The van der Waals surface area contributed by atoms with Crippen molar-refractivity contribution in [3.05, 3.63) is 45.0 Å². The van der Waals surface area contributed by atoms with E-state index in [2.05, 4.69) is 20.3 Å². The number of alkyl halides is 1. The van der Waals surface area contributed by atoms with Crippen LogP contribution in [0.2, 0.25) is 0 Å². The minimum atomic E-state index is -0.960. The number of oxazole rings is 1. The number of hydrogen-bond acceptors (Lipinski definition) is 7. The summed E-state index contributed by atoms with van der Waals surface area (Å²) >= 11 is 1.36. The second-order valence-electron chi connectivity index (χ2n) is 7.09. The highest BCUT2D eigenvalue weighted by molar-refractivity contribution is 7.17. The van der Waals surface area contributed by atoms with E-state index in [0.29, 0.717) is 46.4 Å². The van der Waals surface area contributed by atoms with Crippen LogP contribution in [0.3, 0.4) is 0 Å². The highest BCUT2D eigenvalue weighted by Gasteiger charge is 2.28. The van der Waals surface area contributed by atoms with E-state index < -0.39 is 6.17 Å². The van der Waals surface area contributed by atoms with E-state index >= 15 is 0 Å². The van der Waals surface area contributed by atoms with E-state index in [0.717, 1.165) is 17.0 Å². The molecular formula is C19H18FN5O2S. The molecule has 0 spiro atoms. The van der Waals surface area contributed by atoms with Crippen molar-refractivity contribution in [3.63, 3.8) is 0 Å². The van der Waals surface area contributed by atoms with Crippen molar-refractivity contribution in [3.8, 4) is 11.4 Å². The molecule has 0 saturated carbocycles. The molecule has 1 saturated heterocycles. The number of thiazole rings is 1. The Balaban J connectivity index is 1.62. The van der Waals surface area contributed by atoms with Gasteiger partial charge in [0.25, 0.3) is 5.56 Å². The first-order chi connectivity index (χ1) is 13.5. The van der Waals surface area contributed by atoms with Gasteiger partial charge in [0, 0.05) is 36.5 Å².